The van der Waals surface area contributed by atoms with Crippen molar-refractivity contribution in [3.05, 3.63) is 27.9 Å². The van der Waals surface area contributed by atoms with Gasteiger partial charge in [-0.2, -0.15) is 0 Å². The standard InChI is InChI=1S/C12H18N4O2/c1-9-5-11(16(17)18)7-14-12(9)15-4-3-10(8-15)6-13-2/h5,7,10,13H,3-4,6,8H2,1-2H3. The summed E-state index contributed by atoms with van der Waals surface area (Å²) in [4.78, 5) is 16.7. The molecule has 0 spiro atoms. The van der Waals surface area contributed by atoms with Crippen molar-refractivity contribution >= 4 is 11.5 Å². The van der Waals surface area contributed by atoms with Crippen LogP contribution in [0.1, 0.15) is 12.0 Å². The second-order valence-corrected chi connectivity index (χ2v) is 4.75. The molecule has 18 heavy (non-hydrogen) atoms. The summed E-state index contributed by atoms with van der Waals surface area (Å²) in [7, 11) is 1.96. The van der Waals surface area contributed by atoms with Gasteiger partial charge in [0.1, 0.15) is 12.0 Å². The lowest BCUT2D eigenvalue weighted by molar-refractivity contribution is -0.385. The number of hydrogen-bond donors (Lipinski definition) is 1. The summed E-state index contributed by atoms with van der Waals surface area (Å²) in [5.41, 5.74) is 0.927. The summed E-state index contributed by atoms with van der Waals surface area (Å²) in [5.74, 6) is 1.51. The number of rotatable bonds is 4. The quantitative estimate of drug-likeness (QED) is 0.645. The summed E-state index contributed by atoms with van der Waals surface area (Å²) in [6.45, 7) is 4.81. The van der Waals surface area contributed by atoms with E-state index in [0.29, 0.717) is 5.92 Å². The maximum Gasteiger partial charge on any atom is 0.287 e. The molecule has 1 N–H and O–H groups in total. The average molecular weight is 250 g/mol. The highest BCUT2D eigenvalue weighted by Crippen LogP contribution is 2.26. The molecule has 1 fully saturated rings. The molecule has 0 radical (unpaired) electrons. The van der Waals surface area contributed by atoms with Gasteiger partial charge in [0.25, 0.3) is 5.69 Å². The highest BCUT2D eigenvalue weighted by molar-refractivity contribution is 5.51. The Morgan fingerprint density at radius 1 is 1.67 bits per heavy atom. The number of nitrogens with zero attached hydrogens (tertiary/aromatic N) is 3. The first-order valence-electron chi connectivity index (χ1n) is 6.12. The Labute approximate surface area is 106 Å². The fourth-order valence-electron chi connectivity index (χ4n) is 2.46. The Balaban J connectivity index is 2.12. The van der Waals surface area contributed by atoms with E-state index >= 15 is 0 Å². The molecule has 2 rings (SSSR count). The van der Waals surface area contributed by atoms with Gasteiger partial charge in [-0.25, -0.2) is 4.98 Å². The molecule has 0 aliphatic carbocycles. The molecular weight excluding hydrogens is 232 g/mol. The SMILES string of the molecule is CNCC1CCN(c2ncc([N+](=O)[O-])cc2C)C1. The molecule has 0 saturated carbocycles. The van der Waals surface area contributed by atoms with E-state index in [0.717, 1.165) is 37.4 Å². The molecule has 98 valence electrons. The first kappa shape index (κ1) is 12.8. The minimum Gasteiger partial charge on any atom is -0.356 e. The van der Waals surface area contributed by atoms with E-state index in [4.69, 9.17) is 0 Å². The van der Waals surface area contributed by atoms with E-state index in [1.807, 2.05) is 14.0 Å². The van der Waals surface area contributed by atoms with E-state index in [9.17, 15) is 10.1 Å². The van der Waals surface area contributed by atoms with Crippen molar-refractivity contribution in [1.82, 2.24) is 10.3 Å². The second kappa shape index (κ2) is 5.30. The molecule has 6 heteroatoms. The van der Waals surface area contributed by atoms with Crippen LogP contribution in [0.4, 0.5) is 11.5 Å². The molecule has 1 aliphatic rings. The van der Waals surface area contributed by atoms with E-state index in [-0.39, 0.29) is 5.69 Å². The first-order valence-corrected chi connectivity index (χ1v) is 6.12. The van der Waals surface area contributed by atoms with Crippen LogP contribution >= 0.6 is 0 Å². The van der Waals surface area contributed by atoms with Crippen LogP contribution in [-0.4, -0.2) is 36.6 Å². The number of aryl methyl sites for hydroxylation is 1. The lowest BCUT2D eigenvalue weighted by Crippen LogP contribution is -2.25. The lowest BCUT2D eigenvalue weighted by atomic mass is 10.1. The molecule has 1 unspecified atom stereocenters. The number of nitrogens with one attached hydrogen (secondary N) is 1. The molecule has 1 saturated heterocycles. The van der Waals surface area contributed by atoms with Gasteiger partial charge in [-0.1, -0.05) is 0 Å². The van der Waals surface area contributed by atoms with Crippen LogP contribution in [0.3, 0.4) is 0 Å². The van der Waals surface area contributed by atoms with Crippen molar-refractivity contribution < 1.29 is 4.92 Å². The summed E-state index contributed by atoms with van der Waals surface area (Å²) in [5, 5.41) is 13.9. The fourth-order valence-corrected chi connectivity index (χ4v) is 2.46. The molecule has 2 heterocycles. The molecule has 1 aromatic rings. The molecule has 0 amide bonds. The van der Waals surface area contributed by atoms with E-state index in [1.165, 1.54) is 6.20 Å². The fraction of sp³-hybridized carbons (Fsp3) is 0.583. The third kappa shape index (κ3) is 2.59. The smallest absolute Gasteiger partial charge is 0.287 e. The van der Waals surface area contributed by atoms with Gasteiger partial charge in [-0.05, 0) is 38.4 Å². The van der Waals surface area contributed by atoms with Crippen LogP contribution in [0.5, 0.6) is 0 Å². The van der Waals surface area contributed by atoms with Gasteiger partial charge in [0.2, 0.25) is 0 Å². The van der Waals surface area contributed by atoms with E-state index < -0.39 is 4.92 Å². The summed E-state index contributed by atoms with van der Waals surface area (Å²) >= 11 is 0. The van der Waals surface area contributed by atoms with Crippen molar-refractivity contribution in [1.29, 1.82) is 0 Å². The zero-order chi connectivity index (χ0) is 13.1. The molecule has 1 atom stereocenters. The number of aromatic nitrogens is 1. The van der Waals surface area contributed by atoms with Crippen LogP contribution in [-0.2, 0) is 0 Å². The third-order valence-electron chi connectivity index (χ3n) is 3.33. The zero-order valence-electron chi connectivity index (χ0n) is 10.7. The number of pyridine rings is 1. The normalized spacial score (nSPS) is 19.2. The topological polar surface area (TPSA) is 71.3 Å². The van der Waals surface area contributed by atoms with Crippen molar-refractivity contribution in [3.63, 3.8) is 0 Å². The Hall–Kier alpha value is -1.69. The summed E-state index contributed by atoms with van der Waals surface area (Å²) in [6.07, 6.45) is 2.48. The molecular formula is C12H18N4O2. The lowest BCUT2D eigenvalue weighted by Gasteiger charge is -2.19. The van der Waals surface area contributed by atoms with Gasteiger partial charge >= 0.3 is 0 Å². The van der Waals surface area contributed by atoms with Crippen molar-refractivity contribution in [2.45, 2.75) is 13.3 Å². The summed E-state index contributed by atoms with van der Waals surface area (Å²) in [6, 6.07) is 1.59. The van der Waals surface area contributed by atoms with Gasteiger partial charge < -0.3 is 10.2 Å². The van der Waals surface area contributed by atoms with Crippen molar-refractivity contribution in [2.75, 3.05) is 31.6 Å². The van der Waals surface area contributed by atoms with Crippen molar-refractivity contribution in [2.24, 2.45) is 5.92 Å². The number of hydrogen-bond acceptors (Lipinski definition) is 5. The van der Waals surface area contributed by atoms with Crippen LogP contribution in [0.15, 0.2) is 12.3 Å². The van der Waals surface area contributed by atoms with E-state index in [1.54, 1.807) is 6.07 Å². The number of anilines is 1. The Bertz CT molecular complexity index is 450. The minimum absolute atomic E-state index is 0.0576. The molecule has 0 bridgehead atoms. The van der Waals surface area contributed by atoms with Gasteiger partial charge in [0, 0.05) is 19.2 Å². The number of nitro groups is 1. The molecule has 1 aromatic heterocycles. The van der Waals surface area contributed by atoms with Crippen LogP contribution < -0.4 is 10.2 Å². The predicted molar refractivity (Wildman–Crippen MR) is 69.9 cm³/mol. The maximum absolute atomic E-state index is 10.7. The highest BCUT2D eigenvalue weighted by Gasteiger charge is 2.24. The van der Waals surface area contributed by atoms with Gasteiger partial charge in [0.15, 0.2) is 0 Å². The maximum atomic E-state index is 10.7. The van der Waals surface area contributed by atoms with Gasteiger partial charge in [-0.15, -0.1) is 0 Å². The Kier molecular flexibility index (Phi) is 3.76. The van der Waals surface area contributed by atoms with Crippen LogP contribution in [0.25, 0.3) is 0 Å². The molecule has 0 aromatic carbocycles. The summed E-state index contributed by atoms with van der Waals surface area (Å²) < 4.78 is 0. The predicted octanol–water partition coefficient (Wildman–Crippen LogP) is 1.34. The largest absolute Gasteiger partial charge is 0.356 e. The molecule has 1 aliphatic heterocycles. The van der Waals surface area contributed by atoms with Gasteiger partial charge in [-0.3, -0.25) is 10.1 Å². The Morgan fingerprint density at radius 2 is 2.44 bits per heavy atom. The molecule has 6 nitrogen and oxygen atoms in total. The van der Waals surface area contributed by atoms with Gasteiger partial charge in [0.05, 0.1) is 4.92 Å². The van der Waals surface area contributed by atoms with E-state index in [2.05, 4.69) is 15.2 Å². The minimum atomic E-state index is -0.405. The van der Waals surface area contributed by atoms with Crippen LogP contribution in [0.2, 0.25) is 0 Å². The van der Waals surface area contributed by atoms with Crippen molar-refractivity contribution in [3.8, 4) is 0 Å². The Morgan fingerprint density at radius 3 is 3.06 bits per heavy atom. The third-order valence-corrected chi connectivity index (χ3v) is 3.33. The monoisotopic (exact) mass is 250 g/mol. The van der Waals surface area contributed by atoms with Crippen LogP contribution in [0, 0.1) is 23.0 Å². The average Bonchev–Trinajstić information content (AvgIpc) is 2.77. The highest BCUT2D eigenvalue weighted by atomic mass is 16.6. The second-order valence-electron chi connectivity index (χ2n) is 4.75. The zero-order valence-corrected chi connectivity index (χ0v) is 10.7. The first-order chi connectivity index (χ1) is 8.61.